The van der Waals surface area contributed by atoms with Crippen LogP contribution in [0.5, 0.6) is 11.5 Å². The average molecular weight is 429 g/mol. The molecule has 1 aromatic carbocycles. The van der Waals surface area contributed by atoms with Gasteiger partial charge in [0.2, 0.25) is 11.6 Å². The highest BCUT2D eigenvalue weighted by molar-refractivity contribution is 5.35. The minimum absolute atomic E-state index is 0.0648. The fourth-order valence-electron chi connectivity index (χ4n) is 5.01. The van der Waals surface area contributed by atoms with Crippen molar-refractivity contribution in [1.82, 2.24) is 0 Å². The molecule has 0 aromatic heterocycles. The molecule has 0 heterocycles. The Labute approximate surface area is 176 Å². The van der Waals surface area contributed by atoms with Crippen molar-refractivity contribution >= 4 is 0 Å². The predicted molar refractivity (Wildman–Crippen MR) is 109 cm³/mol. The molecule has 0 atom stereocenters. The summed E-state index contributed by atoms with van der Waals surface area (Å²) in [5.41, 5.74) is 0. The summed E-state index contributed by atoms with van der Waals surface area (Å²) < 4.78 is 64.2. The van der Waals surface area contributed by atoms with E-state index in [9.17, 15) is 17.6 Å². The molecule has 3 rings (SSSR count). The third-order valence-electron chi connectivity index (χ3n) is 6.70. The quantitative estimate of drug-likeness (QED) is 0.408. The Balaban J connectivity index is 1.42. The summed E-state index contributed by atoms with van der Waals surface area (Å²) in [5.74, 6) is -0.966. The minimum Gasteiger partial charge on any atom is -0.491 e. The zero-order chi connectivity index (χ0) is 21.5. The monoisotopic (exact) mass is 428 g/mol. The summed E-state index contributed by atoms with van der Waals surface area (Å²) in [6.07, 6.45) is 9.73. The van der Waals surface area contributed by atoms with E-state index in [0.717, 1.165) is 51.4 Å². The van der Waals surface area contributed by atoms with Crippen LogP contribution in [0.25, 0.3) is 0 Å². The van der Waals surface area contributed by atoms with Gasteiger partial charge in [-0.1, -0.05) is 0 Å². The highest BCUT2D eigenvalue weighted by Gasteiger charge is 2.31. The van der Waals surface area contributed by atoms with Crippen molar-refractivity contribution in [1.29, 1.82) is 0 Å². The number of alkyl halides is 1. The molecule has 2 aliphatic rings. The van der Waals surface area contributed by atoms with Gasteiger partial charge in [0.15, 0.2) is 11.5 Å². The van der Waals surface area contributed by atoms with Gasteiger partial charge in [-0.15, -0.1) is 0 Å². The fourth-order valence-corrected chi connectivity index (χ4v) is 5.01. The maximum Gasteiger partial charge on any atom is 0.204 e. The molecule has 2 fully saturated rings. The molecule has 2 saturated carbocycles. The Morgan fingerprint density at radius 2 is 1.43 bits per heavy atom. The van der Waals surface area contributed by atoms with Crippen molar-refractivity contribution in [3.8, 4) is 11.5 Å². The van der Waals surface area contributed by atoms with E-state index < -0.39 is 24.1 Å². The largest absolute Gasteiger partial charge is 0.491 e. The Morgan fingerprint density at radius 3 is 1.97 bits per heavy atom. The van der Waals surface area contributed by atoms with Gasteiger partial charge in [-0.25, -0.2) is 8.78 Å². The lowest BCUT2D eigenvalue weighted by Gasteiger charge is -2.37. The summed E-state index contributed by atoms with van der Waals surface area (Å²) in [6, 6.07) is 2.83. The van der Waals surface area contributed by atoms with Crippen LogP contribution >= 0.6 is 0 Å². The number of benzene rings is 1. The first-order valence-electron chi connectivity index (χ1n) is 11.2. The number of rotatable bonds is 8. The number of halogens is 4. The third-order valence-corrected chi connectivity index (χ3v) is 6.70. The van der Waals surface area contributed by atoms with Gasteiger partial charge >= 0.3 is 0 Å². The lowest BCUT2D eigenvalue weighted by atomic mass is 9.69. The lowest BCUT2D eigenvalue weighted by Crippen LogP contribution is -2.27. The molecule has 6 heteroatoms. The summed E-state index contributed by atoms with van der Waals surface area (Å²) in [5, 5.41) is 0. The first kappa shape index (κ1) is 23.0. The Kier molecular flexibility index (Phi) is 8.46. The SMILES string of the molecule is CCOc1ccc(OCC2CCC(C3CCC(C=C(F)CF)CC3)CC2)c(F)c1F. The van der Waals surface area contributed by atoms with Crippen molar-refractivity contribution < 1.29 is 27.0 Å². The second kappa shape index (κ2) is 11.1. The third kappa shape index (κ3) is 5.92. The predicted octanol–water partition coefficient (Wildman–Crippen LogP) is 7.18. The Bertz CT molecular complexity index is 705. The van der Waals surface area contributed by atoms with Crippen molar-refractivity contribution in [2.75, 3.05) is 19.9 Å². The molecule has 0 amide bonds. The van der Waals surface area contributed by atoms with Gasteiger partial charge in [-0.2, -0.15) is 8.78 Å². The summed E-state index contributed by atoms with van der Waals surface area (Å²) in [4.78, 5) is 0. The highest BCUT2D eigenvalue weighted by atomic mass is 19.2. The minimum atomic E-state index is -1.00. The molecule has 30 heavy (non-hydrogen) atoms. The highest BCUT2D eigenvalue weighted by Crippen LogP contribution is 2.42. The summed E-state index contributed by atoms with van der Waals surface area (Å²) in [7, 11) is 0. The average Bonchev–Trinajstić information content (AvgIpc) is 2.77. The first-order valence-corrected chi connectivity index (χ1v) is 11.2. The molecule has 1 aromatic rings. The molecular formula is C24H32F4O2. The zero-order valence-corrected chi connectivity index (χ0v) is 17.6. The van der Waals surface area contributed by atoms with E-state index in [0.29, 0.717) is 24.4 Å². The van der Waals surface area contributed by atoms with Gasteiger partial charge < -0.3 is 9.47 Å². The molecular weight excluding hydrogens is 396 g/mol. The van der Waals surface area contributed by atoms with E-state index in [1.54, 1.807) is 6.92 Å². The molecule has 0 radical (unpaired) electrons. The van der Waals surface area contributed by atoms with Gasteiger partial charge in [0.05, 0.1) is 13.2 Å². The first-order chi connectivity index (χ1) is 14.5. The molecule has 168 valence electrons. The van der Waals surface area contributed by atoms with Crippen LogP contribution in [0.2, 0.25) is 0 Å². The number of ether oxygens (including phenoxy) is 2. The molecule has 2 aliphatic carbocycles. The molecule has 0 saturated heterocycles. The normalized spacial score (nSPS) is 27.7. The number of hydrogen-bond donors (Lipinski definition) is 0. The van der Waals surface area contributed by atoms with E-state index in [2.05, 4.69) is 0 Å². The van der Waals surface area contributed by atoms with Gasteiger partial charge in [-0.3, -0.25) is 0 Å². The topological polar surface area (TPSA) is 18.5 Å². The molecule has 2 nitrogen and oxygen atoms in total. The van der Waals surface area contributed by atoms with Crippen molar-refractivity contribution in [3.63, 3.8) is 0 Å². The van der Waals surface area contributed by atoms with Gasteiger partial charge in [-0.05, 0) is 100 Å². The van der Waals surface area contributed by atoms with Crippen LogP contribution in [0.3, 0.4) is 0 Å². The number of hydrogen-bond acceptors (Lipinski definition) is 2. The van der Waals surface area contributed by atoms with E-state index in [4.69, 9.17) is 9.47 Å². The van der Waals surface area contributed by atoms with E-state index in [1.165, 1.54) is 18.2 Å². The smallest absolute Gasteiger partial charge is 0.204 e. The van der Waals surface area contributed by atoms with Crippen LogP contribution in [-0.4, -0.2) is 19.9 Å². The fraction of sp³-hybridized carbons (Fsp3) is 0.667. The summed E-state index contributed by atoms with van der Waals surface area (Å²) in [6.45, 7) is 1.37. The standard InChI is InChI=1S/C24H32F4O2/c1-2-29-21-11-12-22(24(28)23(21)27)30-15-17-5-9-19(10-6-17)18-7-3-16(4-8-18)13-20(26)14-25/h11-13,16-19H,2-10,14-15H2,1H3. The molecule has 0 unspecified atom stereocenters. The van der Waals surface area contributed by atoms with E-state index in [-0.39, 0.29) is 24.0 Å². The van der Waals surface area contributed by atoms with Crippen LogP contribution < -0.4 is 9.47 Å². The Morgan fingerprint density at radius 1 is 0.900 bits per heavy atom. The van der Waals surface area contributed by atoms with Crippen molar-refractivity contribution in [2.45, 2.75) is 58.3 Å². The second-order valence-electron chi connectivity index (χ2n) is 8.64. The van der Waals surface area contributed by atoms with Crippen LogP contribution in [0.15, 0.2) is 24.0 Å². The molecule has 0 aliphatic heterocycles. The maximum atomic E-state index is 14.1. The molecule has 0 spiro atoms. The van der Waals surface area contributed by atoms with Gasteiger partial charge in [0.25, 0.3) is 0 Å². The van der Waals surface area contributed by atoms with Crippen LogP contribution in [-0.2, 0) is 0 Å². The van der Waals surface area contributed by atoms with Crippen LogP contribution in [0, 0.1) is 35.3 Å². The van der Waals surface area contributed by atoms with Crippen molar-refractivity contribution in [3.05, 3.63) is 35.7 Å². The molecule has 0 bridgehead atoms. The Hall–Kier alpha value is -1.72. The second-order valence-corrected chi connectivity index (χ2v) is 8.64. The van der Waals surface area contributed by atoms with Crippen LogP contribution in [0.1, 0.15) is 58.3 Å². The zero-order valence-electron chi connectivity index (χ0n) is 17.6. The maximum absolute atomic E-state index is 14.1. The van der Waals surface area contributed by atoms with E-state index in [1.807, 2.05) is 0 Å². The lowest BCUT2D eigenvalue weighted by molar-refractivity contribution is 0.127. The summed E-state index contributed by atoms with van der Waals surface area (Å²) >= 11 is 0. The number of allylic oxidation sites excluding steroid dienone is 2. The molecule has 0 N–H and O–H groups in total. The van der Waals surface area contributed by atoms with Gasteiger partial charge in [0, 0.05) is 0 Å². The van der Waals surface area contributed by atoms with Crippen LogP contribution in [0.4, 0.5) is 17.6 Å². The van der Waals surface area contributed by atoms with Gasteiger partial charge in [0.1, 0.15) is 12.5 Å². The van der Waals surface area contributed by atoms with Crippen molar-refractivity contribution in [2.24, 2.45) is 23.7 Å². The van der Waals surface area contributed by atoms with E-state index >= 15 is 0 Å².